The van der Waals surface area contributed by atoms with E-state index >= 15 is 0 Å². The minimum absolute atomic E-state index is 0.0980. The molecule has 102 valence electrons. The second kappa shape index (κ2) is 5.03. The molecular weight excluding hydrogens is 240 g/mol. The van der Waals surface area contributed by atoms with Gasteiger partial charge >= 0.3 is 0 Å². The number of hydrogen-bond donors (Lipinski definition) is 2. The Balaban J connectivity index is 2.15. The predicted octanol–water partition coefficient (Wildman–Crippen LogP) is 2.56. The Morgan fingerprint density at radius 2 is 1.79 bits per heavy atom. The topological polar surface area (TPSA) is 58.2 Å². The average Bonchev–Trinajstić information content (AvgIpc) is 3.12. The maximum absolute atomic E-state index is 12.1. The van der Waals surface area contributed by atoms with Crippen LogP contribution < -0.4 is 10.6 Å². The molecule has 1 saturated carbocycles. The molecule has 0 saturated heterocycles. The largest absolute Gasteiger partial charge is 0.349 e. The molecule has 1 fully saturated rings. The van der Waals surface area contributed by atoms with Crippen LogP contribution in [-0.2, 0) is 4.79 Å². The van der Waals surface area contributed by atoms with Crippen molar-refractivity contribution in [3.05, 3.63) is 29.8 Å². The highest BCUT2D eigenvalue weighted by Crippen LogP contribution is 2.23. The van der Waals surface area contributed by atoms with Crippen LogP contribution in [0, 0.1) is 5.41 Å². The Hall–Kier alpha value is -1.84. The Morgan fingerprint density at radius 1 is 1.16 bits per heavy atom. The minimum Gasteiger partial charge on any atom is -0.349 e. The monoisotopic (exact) mass is 260 g/mol. The molecular formula is C15H20N2O2. The van der Waals surface area contributed by atoms with Crippen LogP contribution in [0.25, 0.3) is 0 Å². The van der Waals surface area contributed by atoms with Crippen LogP contribution in [0.5, 0.6) is 0 Å². The molecule has 0 radical (unpaired) electrons. The number of benzene rings is 1. The summed E-state index contributed by atoms with van der Waals surface area (Å²) in [6.07, 6.45) is 2.09. The standard InChI is InChI=1S/C15H20N2O2/c1-15(2,3)14(19)17-12-7-5-4-6-11(12)13(18)16-10-8-9-10/h4-7,10H,8-9H2,1-3H3,(H,16,18)(H,17,19). The molecule has 0 unspecified atom stereocenters. The van der Waals surface area contributed by atoms with Gasteiger partial charge < -0.3 is 10.6 Å². The van der Waals surface area contributed by atoms with Crippen molar-refractivity contribution in [1.29, 1.82) is 0 Å². The summed E-state index contributed by atoms with van der Waals surface area (Å²) >= 11 is 0. The van der Waals surface area contributed by atoms with Gasteiger partial charge in [-0.2, -0.15) is 0 Å². The van der Waals surface area contributed by atoms with Crippen LogP contribution in [0.1, 0.15) is 44.0 Å². The fraction of sp³-hybridized carbons (Fsp3) is 0.467. The first-order valence-electron chi connectivity index (χ1n) is 6.59. The Morgan fingerprint density at radius 3 is 2.37 bits per heavy atom. The van der Waals surface area contributed by atoms with E-state index in [0.29, 0.717) is 17.3 Å². The number of carbonyl (C=O) groups excluding carboxylic acids is 2. The van der Waals surface area contributed by atoms with E-state index in [9.17, 15) is 9.59 Å². The summed E-state index contributed by atoms with van der Waals surface area (Å²) in [7, 11) is 0. The third kappa shape index (κ3) is 3.56. The van der Waals surface area contributed by atoms with Crippen molar-refractivity contribution in [3.8, 4) is 0 Å². The van der Waals surface area contributed by atoms with Gasteiger partial charge in [0.15, 0.2) is 0 Å². The molecule has 0 aliphatic heterocycles. The van der Waals surface area contributed by atoms with Crippen molar-refractivity contribution in [2.45, 2.75) is 39.7 Å². The van der Waals surface area contributed by atoms with E-state index in [4.69, 9.17) is 0 Å². The van der Waals surface area contributed by atoms with Gasteiger partial charge in [0.2, 0.25) is 5.91 Å². The summed E-state index contributed by atoms with van der Waals surface area (Å²) in [5, 5.41) is 5.76. The first kappa shape index (κ1) is 13.6. The Bertz CT molecular complexity index is 499. The Kier molecular flexibility index (Phi) is 3.60. The van der Waals surface area contributed by atoms with E-state index in [1.165, 1.54) is 0 Å². The van der Waals surface area contributed by atoms with E-state index in [0.717, 1.165) is 12.8 Å². The second-order valence-electron chi connectivity index (χ2n) is 6.00. The van der Waals surface area contributed by atoms with E-state index in [-0.39, 0.29) is 11.8 Å². The molecule has 2 amide bonds. The normalized spacial score (nSPS) is 14.9. The summed E-state index contributed by atoms with van der Waals surface area (Å²) in [4.78, 5) is 24.1. The number of para-hydroxylation sites is 1. The molecule has 1 aliphatic carbocycles. The van der Waals surface area contributed by atoms with Gasteiger partial charge in [-0.25, -0.2) is 0 Å². The van der Waals surface area contributed by atoms with Gasteiger partial charge in [-0.15, -0.1) is 0 Å². The van der Waals surface area contributed by atoms with E-state index in [2.05, 4.69) is 10.6 Å². The van der Waals surface area contributed by atoms with Gasteiger partial charge in [-0.3, -0.25) is 9.59 Å². The molecule has 19 heavy (non-hydrogen) atoms. The first-order chi connectivity index (χ1) is 8.88. The number of amides is 2. The van der Waals surface area contributed by atoms with E-state index < -0.39 is 5.41 Å². The zero-order chi connectivity index (χ0) is 14.0. The van der Waals surface area contributed by atoms with Gasteiger partial charge in [0.05, 0.1) is 11.3 Å². The van der Waals surface area contributed by atoms with Gasteiger partial charge in [0, 0.05) is 11.5 Å². The van der Waals surface area contributed by atoms with Crippen LogP contribution in [0.4, 0.5) is 5.69 Å². The fourth-order valence-electron chi connectivity index (χ4n) is 1.59. The van der Waals surface area contributed by atoms with Crippen molar-refractivity contribution in [2.75, 3.05) is 5.32 Å². The Labute approximate surface area is 113 Å². The number of nitrogens with one attached hydrogen (secondary N) is 2. The van der Waals surface area contributed by atoms with Gasteiger partial charge in [-0.05, 0) is 25.0 Å². The van der Waals surface area contributed by atoms with Crippen molar-refractivity contribution in [3.63, 3.8) is 0 Å². The molecule has 1 aromatic carbocycles. The summed E-state index contributed by atoms with van der Waals surface area (Å²) in [5.74, 6) is -0.216. The molecule has 2 N–H and O–H groups in total. The minimum atomic E-state index is -0.486. The summed E-state index contributed by atoms with van der Waals surface area (Å²) in [6.45, 7) is 5.53. The quantitative estimate of drug-likeness (QED) is 0.877. The highest BCUT2D eigenvalue weighted by Gasteiger charge is 2.26. The summed E-state index contributed by atoms with van der Waals surface area (Å²) in [5.41, 5.74) is 0.604. The lowest BCUT2D eigenvalue weighted by molar-refractivity contribution is -0.123. The highest BCUT2D eigenvalue weighted by molar-refractivity contribution is 6.04. The first-order valence-corrected chi connectivity index (χ1v) is 6.59. The molecule has 0 bridgehead atoms. The summed E-state index contributed by atoms with van der Waals surface area (Å²) in [6, 6.07) is 7.40. The number of hydrogen-bond acceptors (Lipinski definition) is 2. The zero-order valence-electron chi connectivity index (χ0n) is 11.6. The molecule has 0 aromatic heterocycles. The lowest BCUT2D eigenvalue weighted by atomic mass is 9.95. The van der Waals surface area contributed by atoms with Crippen LogP contribution >= 0.6 is 0 Å². The third-order valence-electron chi connectivity index (χ3n) is 3.01. The van der Waals surface area contributed by atoms with Gasteiger partial charge in [-0.1, -0.05) is 32.9 Å². The number of anilines is 1. The average molecular weight is 260 g/mol. The van der Waals surface area contributed by atoms with Crippen LogP contribution in [0.2, 0.25) is 0 Å². The SMILES string of the molecule is CC(C)(C)C(=O)Nc1ccccc1C(=O)NC1CC1. The van der Waals surface area contributed by atoms with Crippen molar-refractivity contribution < 1.29 is 9.59 Å². The molecule has 1 aromatic rings. The van der Waals surface area contributed by atoms with Crippen LogP contribution in [0.3, 0.4) is 0 Å². The molecule has 4 nitrogen and oxygen atoms in total. The van der Waals surface area contributed by atoms with E-state index in [1.807, 2.05) is 26.8 Å². The predicted molar refractivity (Wildman–Crippen MR) is 75.0 cm³/mol. The molecule has 0 heterocycles. The lowest BCUT2D eigenvalue weighted by Crippen LogP contribution is -2.30. The molecule has 4 heteroatoms. The molecule has 0 spiro atoms. The van der Waals surface area contributed by atoms with Gasteiger partial charge in [0.1, 0.15) is 0 Å². The smallest absolute Gasteiger partial charge is 0.253 e. The van der Waals surface area contributed by atoms with Crippen LogP contribution in [0.15, 0.2) is 24.3 Å². The molecule has 2 rings (SSSR count). The third-order valence-corrected chi connectivity index (χ3v) is 3.01. The highest BCUT2D eigenvalue weighted by atomic mass is 16.2. The zero-order valence-corrected chi connectivity index (χ0v) is 11.6. The fourth-order valence-corrected chi connectivity index (χ4v) is 1.59. The molecule has 0 atom stereocenters. The molecule has 1 aliphatic rings. The maximum Gasteiger partial charge on any atom is 0.253 e. The van der Waals surface area contributed by atoms with Crippen molar-refractivity contribution in [1.82, 2.24) is 5.32 Å². The number of rotatable bonds is 3. The number of carbonyl (C=O) groups is 2. The van der Waals surface area contributed by atoms with Crippen molar-refractivity contribution in [2.24, 2.45) is 5.41 Å². The van der Waals surface area contributed by atoms with Crippen molar-refractivity contribution >= 4 is 17.5 Å². The maximum atomic E-state index is 12.1. The van der Waals surface area contributed by atoms with Gasteiger partial charge in [0.25, 0.3) is 5.91 Å². The lowest BCUT2D eigenvalue weighted by Gasteiger charge is -2.19. The summed E-state index contributed by atoms with van der Waals surface area (Å²) < 4.78 is 0. The van der Waals surface area contributed by atoms with Crippen LogP contribution in [-0.4, -0.2) is 17.9 Å². The van der Waals surface area contributed by atoms with E-state index in [1.54, 1.807) is 18.2 Å². The second-order valence-corrected chi connectivity index (χ2v) is 6.00.